The second kappa shape index (κ2) is 6.35. The molecule has 0 amide bonds. The molecule has 4 heteroatoms. The van der Waals surface area contributed by atoms with Gasteiger partial charge in [-0.25, -0.2) is 0 Å². The number of hydrogen-bond donors (Lipinski definition) is 4. The molecular weight excluding hydrogens is 180 g/mol. The van der Waals surface area contributed by atoms with Gasteiger partial charge in [-0.3, -0.25) is 0 Å². The van der Waals surface area contributed by atoms with E-state index in [0.717, 1.165) is 25.7 Å². The topological polar surface area (TPSA) is 64.5 Å². The van der Waals surface area contributed by atoms with Crippen LogP contribution in [0, 0.1) is 0 Å². The highest BCUT2D eigenvalue weighted by atomic mass is 16.3. The minimum atomic E-state index is -0.313. The molecule has 0 saturated heterocycles. The third-order valence-corrected chi connectivity index (χ3v) is 2.78. The lowest BCUT2D eigenvalue weighted by Gasteiger charge is -2.27. The highest BCUT2D eigenvalue weighted by Gasteiger charge is 2.19. The van der Waals surface area contributed by atoms with E-state index >= 15 is 0 Å². The lowest BCUT2D eigenvalue weighted by molar-refractivity contribution is 0.109. The maximum atomic E-state index is 9.46. The van der Waals surface area contributed by atoms with Crippen LogP contribution in [-0.4, -0.2) is 48.6 Å². The van der Waals surface area contributed by atoms with E-state index < -0.39 is 0 Å². The molecule has 0 aromatic heterocycles. The van der Waals surface area contributed by atoms with Crippen molar-refractivity contribution in [2.24, 2.45) is 0 Å². The van der Waals surface area contributed by atoms with E-state index in [0.29, 0.717) is 19.1 Å². The Labute approximate surface area is 85.7 Å². The molecule has 1 atom stereocenters. The summed E-state index contributed by atoms with van der Waals surface area (Å²) < 4.78 is 0. The second-order valence-corrected chi connectivity index (χ2v) is 4.13. The fourth-order valence-corrected chi connectivity index (χ4v) is 1.89. The van der Waals surface area contributed by atoms with Crippen LogP contribution in [0.1, 0.15) is 25.7 Å². The van der Waals surface area contributed by atoms with E-state index in [-0.39, 0.29) is 12.2 Å². The summed E-state index contributed by atoms with van der Waals surface area (Å²) in [5.41, 5.74) is 0. The number of likely N-dealkylation sites (N-methyl/N-ethyl adjacent to an activating group) is 1. The Hall–Kier alpha value is -0.160. The number of aliphatic hydroxyl groups is 2. The second-order valence-electron chi connectivity index (χ2n) is 4.13. The standard InChI is InChI=1S/C10H22N2O2/c1-11-6-10(14)7-12-8-2-4-9(13)5-3-8/h8-14H,2-7H2,1H3. The first kappa shape index (κ1) is 11.9. The molecule has 0 aromatic rings. The molecule has 14 heavy (non-hydrogen) atoms. The summed E-state index contributed by atoms with van der Waals surface area (Å²) in [7, 11) is 1.83. The summed E-state index contributed by atoms with van der Waals surface area (Å²) in [6.07, 6.45) is 3.41. The fourth-order valence-electron chi connectivity index (χ4n) is 1.89. The van der Waals surface area contributed by atoms with Gasteiger partial charge in [-0.15, -0.1) is 0 Å². The van der Waals surface area contributed by atoms with Gasteiger partial charge >= 0.3 is 0 Å². The summed E-state index contributed by atoms with van der Waals surface area (Å²) in [4.78, 5) is 0. The summed E-state index contributed by atoms with van der Waals surface area (Å²) in [6.45, 7) is 1.27. The number of aliphatic hydroxyl groups excluding tert-OH is 2. The van der Waals surface area contributed by atoms with Crippen molar-refractivity contribution in [3.63, 3.8) is 0 Å². The van der Waals surface area contributed by atoms with Gasteiger partial charge in [-0.2, -0.15) is 0 Å². The van der Waals surface area contributed by atoms with Crippen molar-refractivity contribution in [1.29, 1.82) is 0 Å². The monoisotopic (exact) mass is 202 g/mol. The van der Waals surface area contributed by atoms with Gasteiger partial charge < -0.3 is 20.8 Å². The van der Waals surface area contributed by atoms with Gasteiger partial charge in [-0.05, 0) is 32.7 Å². The average Bonchev–Trinajstić information content (AvgIpc) is 2.17. The van der Waals surface area contributed by atoms with Crippen molar-refractivity contribution in [3.8, 4) is 0 Å². The Morgan fingerprint density at radius 2 is 1.86 bits per heavy atom. The van der Waals surface area contributed by atoms with Crippen LogP contribution in [0.3, 0.4) is 0 Å². The Morgan fingerprint density at radius 3 is 2.43 bits per heavy atom. The maximum absolute atomic E-state index is 9.46. The molecule has 0 aliphatic heterocycles. The van der Waals surface area contributed by atoms with Gasteiger partial charge in [0, 0.05) is 19.1 Å². The van der Waals surface area contributed by atoms with Crippen LogP contribution in [-0.2, 0) is 0 Å². The molecule has 84 valence electrons. The number of rotatable bonds is 5. The van der Waals surface area contributed by atoms with Crippen LogP contribution in [0.4, 0.5) is 0 Å². The summed E-state index contributed by atoms with van der Waals surface area (Å²) in [5, 5.41) is 25.0. The molecular formula is C10H22N2O2. The normalized spacial score (nSPS) is 30.2. The van der Waals surface area contributed by atoms with Gasteiger partial charge in [0.05, 0.1) is 12.2 Å². The summed E-state index contributed by atoms with van der Waals surface area (Å²) in [6, 6.07) is 0.477. The van der Waals surface area contributed by atoms with Crippen LogP contribution in [0.15, 0.2) is 0 Å². The predicted octanol–water partition coefficient (Wildman–Crippen LogP) is -0.540. The molecule has 1 aliphatic rings. The zero-order valence-electron chi connectivity index (χ0n) is 8.87. The van der Waals surface area contributed by atoms with Gasteiger partial charge in [0.15, 0.2) is 0 Å². The van der Waals surface area contributed by atoms with Crippen molar-refractivity contribution < 1.29 is 10.2 Å². The molecule has 0 bridgehead atoms. The van der Waals surface area contributed by atoms with Crippen LogP contribution >= 0.6 is 0 Å². The fraction of sp³-hybridized carbons (Fsp3) is 1.00. The lowest BCUT2D eigenvalue weighted by atomic mass is 9.93. The predicted molar refractivity (Wildman–Crippen MR) is 56.2 cm³/mol. The van der Waals surface area contributed by atoms with E-state index in [1.807, 2.05) is 7.05 Å². The van der Waals surface area contributed by atoms with Gasteiger partial charge in [0.25, 0.3) is 0 Å². The van der Waals surface area contributed by atoms with E-state index in [4.69, 9.17) is 0 Å². The van der Waals surface area contributed by atoms with E-state index in [1.165, 1.54) is 0 Å². The quantitative estimate of drug-likeness (QED) is 0.483. The van der Waals surface area contributed by atoms with Crippen LogP contribution in [0.25, 0.3) is 0 Å². The van der Waals surface area contributed by atoms with Crippen molar-refractivity contribution in [2.75, 3.05) is 20.1 Å². The Kier molecular flexibility index (Phi) is 5.40. The maximum Gasteiger partial charge on any atom is 0.0788 e. The zero-order valence-corrected chi connectivity index (χ0v) is 8.87. The largest absolute Gasteiger partial charge is 0.393 e. The van der Waals surface area contributed by atoms with Gasteiger partial charge in [0.2, 0.25) is 0 Å². The minimum absolute atomic E-state index is 0.102. The average molecular weight is 202 g/mol. The van der Waals surface area contributed by atoms with Crippen molar-refractivity contribution in [2.45, 2.75) is 43.9 Å². The number of hydrogen-bond acceptors (Lipinski definition) is 4. The summed E-state index contributed by atoms with van der Waals surface area (Å²) in [5.74, 6) is 0. The summed E-state index contributed by atoms with van der Waals surface area (Å²) >= 11 is 0. The van der Waals surface area contributed by atoms with Gasteiger partial charge in [-0.1, -0.05) is 0 Å². The van der Waals surface area contributed by atoms with Crippen molar-refractivity contribution in [3.05, 3.63) is 0 Å². The minimum Gasteiger partial charge on any atom is -0.393 e. The van der Waals surface area contributed by atoms with Crippen LogP contribution in [0.5, 0.6) is 0 Å². The molecule has 1 unspecified atom stereocenters. The molecule has 0 heterocycles. The first-order valence-electron chi connectivity index (χ1n) is 5.46. The number of nitrogens with one attached hydrogen (secondary N) is 2. The van der Waals surface area contributed by atoms with Crippen LogP contribution in [0.2, 0.25) is 0 Å². The van der Waals surface area contributed by atoms with Crippen molar-refractivity contribution in [1.82, 2.24) is 10.6 Å². The SMILES string of the molecule is CNCC(O)CNC1CCC(O)CC1. The van der Waals surface area contributed by atoms with Crippen LogP contribution < -0.4 is 10.6 Å². The van der Waals surface area contributed by atoms with E-state index in [2.05, 4.69) is 10.6 Å². The molecule has 1 aliphatic carbocycles. The molecule has 1 saturated carbocycles. The molecule has 4 N–H and O–H groups in total. The first-order chi connectivity index (χ1) is 6.72. The Balaban J connectivity index is 2.06. The van der Waals surface area contributed by atoms with Gasteiger partial charge in [0.1, 0.15) is 0 Å². The molecule has 0 spiro atoms. The Morgan fingerprint density at radius 1 is 1.21 bits per heavy atom. The smallest absolute Gasteiger partial charge is 0.0788 e. The highest BCUT2D eigenvalue weighted by molar-refractivity contribution is 4.77. The molecule has 1 rings (SSSR count). The Bertz CT molecular complexity index is 147. The lowest BCUT2D eigenvalue weighted by Crippen LogP contribution is -2.41. The highest BCUT2D eigenvalue weighted by Crippen LogP contribution is 2.17. The molecule has 0 aromatic carbocycles. The van der Waals surface area contributed by atoms with E-state index in [1.54, 1.807) is 0 Å². The molecule has 0 radical (unpaired) electrons. The first-order valence-corrected chi connectivity index (χ1v) is 5.46. The third kappa shape index (κ3) is 4.37. The van der Waals surface area contributed by atoms with Crippen molar-refractivity contribution >= 4 is 0 Å². The third-order valence-electron chi connectivity index (χ3n) is 2.78. The zero-order chi connectivity index (χ0) is 10.4. The molecule has 1 fully saturated rings. The molecule has 4 nitrogen and oxygen atoms in total. The van der Waals surface area contributed by atoms with E-state index in [9.17, 15) is 10.2 Å².